The van der Waals surface area contributed by atoms with E-state index < -0.39 is 5.72 Å². The summed E-state index contributed by atoms with van der Waals surface area (Å²) in [5.74, 6) is 0. The Morgan fingerprint density at radius 2 is 1.05 bits per heavy atom. The van der Waals surface area contributed by atoms with E-state index in [2.05, 4.69) is 10.2 Å². The van der Waals surface area contributed by atoms with Gasteiger partial charge in [-0.25, -0.2) is 0 Å². The first kappa shape index (κ1) is 16.9. The van der Waals surface area contributed by atoms with Crippen molar-refractivity contribution in [2.24, 2.45) is 10.2 Å². The Morgan fingerprint density at radius 1 is 0.619 bits per heavy atom. The highest BCUT2D eigenvalue weighted by atomic mass is 16.3. The fourth-order valence-corrected chi connectivity index (χ4v) is 3.66. The van der Waals surface area contributed by atoms with E-state index in [4.69, 9.17) is 0 Å². The monoisotopic (exact) mass is 294 g/mol. The molecule has 0 bridgehead atoms. The summed E-state index contributed by atoms with van der Waals surface area (Å²) in [5.41, 5.74) is -0.858. The maximum absolute atomic E-state index is 10.8. The van der Waals surface area contributed by atoms with E-state index in [0.29, 0.717) is 6.04 Å². The van der Waals surface area contributed by atoms with Crippen LogP contribution >= 0.6 is 0 Å². The molecule has 122 valence electrons. The molecule has 0 heterocycles. The summed E-state index contributed by atoms with van der Waals surface area (Å²) in [7, 11) is 0. The molecule has 3 heteroatoms. The Labute approximate surface area is 130 Å². The number of nitrogens with zero attached hydrogens (tertiary/aromatic N) is 2. The average molecular weight is 294 g/mol. The van der Waals surface area contributed by atoms with Gasteiger partial charge in [0.1, 0.15) is 0 Å². The molecule has 0 unspecified atom stereocenters. The number of azo groups is 1. The molecular weight excluding hydrogens is 260 g/mol. The molecule has 0 spiro atoms. The molecule has 1 N–H and O–H groups in total. The summed E-state index contributed by atoms with van der Waals surface area (Å²) in [6, 6.07) is 0.361. The van der Waals surface area contributed by atoms with Gasteiger partial charge in [-0.1, -0.05) is 64.2 Å². The molecule has 2 fully saturated rings. The third-order valence-electron chi connectivity index (χ3n) is 5.14. The summed E-state index contributed by atoms with van der Waals surface area (Å²) in [6.45, 7) is 0. The quantitative estimate of drug-likeness (QED) is 0.646. The largest absolute Gasteiger partial charge is 0.368 e. The van der Waals surface area contributed by atoms with Crippen molar-refractivity contribution in [3.8, 4) is 0 Å². The van der Waals surface area contributed by atoms with Crippen LogP contribution in [0, 0.1) is 0 Å². The van der Waals surface area contributed by atoms with Crippen LogP contribution in [0.2, 0.25) is 0 Å². The van der Waals surface area contributed by atoms with Gasteiger partial charge in [0.05, 0.1) is 6.04 Å². The zero-order chi connectivity index (χ0) is 14.8. The highest BCUT2D eigenvalue weighted by molar-refractivity contribution is 4.77. The van der Waals surface area contributed by atoms with E-state index in [1.165, 1.54) is 77.0 Å². The van der Waals surface area contributed by atoms with Gasteiger partial charge < -0.3 is 5.11 Å². The van der Waals surface area contributed by atoms with E-state index in [9.17, 15) is 5.11 Å². The van der Waals surface area contributed by atoms with Crippen LogP contribution in [-0.2, 0) is 0 Å². The van der Waals surface area contributed by atoms with E-state index in [-0.39, 0.29) is 0 Å². The molecule has 2 aliphatic carbocycles. The molecule has 0 aromatic rings. The number of aliphatic hydroxyl groups is 1. The highest BCUT2D eigenvalue weighted by Gasteiger charge is 2.26. The van der Waals surface area contributed by atoms with Crippen LogP contribution in [0.4, 0.5) is 0 Å². The molecule has 2 rings (SSSR count). The van der Waals surface area contributed by atoms with Crippen molar-refractivity contribution in [1.82, 2.24) is 0 Å². The zero-order valence-electron chi connectivity index (χ0n) is 13.7. The van der Waals surface area contributed by atoms with Crippen LogP contribution < -0.4 is 0 Å². The fourth-order valence-electron chi connectivity index (χ4n) is 3.66. The lowest BCUT2D eigenvalue weighted by Gasteiger charge is -2.22. The SMILES string of the molecule is OC1(N=NC2CCCCCCCC2)CCCCCCCC1. The smallest absolute Gasteiger partial charge is 0.176 e. The van der Waals surface area contributed by atoms with Crippen molar-refractivity contribution in [2.75, 3.05) is 0 Å². The third-order valence-corrected chi connectivity index (χ3v) is 5.14. The lowest BCUT2D eigenvalue weighted by Crippen LogP contribution is -2.25. The Balaban J connectivity index is 1.88. The van der Waals surface area contributed by atoms with Gasteiger partial charge in [0.2, 0.25) is 0 Å². The number of hydrogen-bond acceptors (Lipinski definition) is 3. The topological polar surface area (TPSA) is 45.0 Å². The summed E-state index contributed by atoms with van der Waals surface area (Å²) >= 11 is 0. The van der Waals surface area contributed by atoms with E-state index >= 15 is 0 Å². The lowest BCUT2D eigenvalue weighted by atomic mass is 10.0. The van der Waals surface area contributed by atoms with Crippen LogP contribution in [0.3, 0.4) is 0 Å². The molecule has 0 radical (unpaired) electrons. The van der Waals surface area contributed by atoms with Crippen LogP contribution in [0.15, 0.2) is 10.2 Å². The predicted octanol–water partition coefficient (Wildman–Crippen LogP) is 5.76. The van der Waals surface area contributed by atoms with Crippen LogP contribution in [0.5, 0.6) is 0 Å². The maximum Gasteiger partial charge on any atom is 0.176 e. The molecule has 0 atom stereocenters. The van der Waals surface area contributed by atoms with Gasteiger partial charge in [-0.05, 0) is 38.5 Å². The predicted molar refractivity (Wildman–Crippen MR) is 87.5 cm³/mol. The first-order valence-corrected chi connectivity index (χ1v) is 9.43. The summed E-state index contributed by atoms with van der Waals surface area (Å²) < 4.78 is 0. The molecule has 0 amide bonds. The van der Waals surface area contributed by atoms with E-state index in [1.807, 2.05) is 0 Å². The third kappa shape index (κ3) is 6.90. The Morgan fingerprint density at radius 3 is 1.57 bits per heavy atom. The van der Waals surface area contributed by atoms with E-state index in [1.54, 1.807) is 0 Å². The minimum absolute atomic E-state index is 0.361. The Bertz CT molecular complexity index is 284. The molecule has 2 saturated carbocycles. The van der Waals surface area contributed by atoms with Crippen LogP contribution in [0.25, 0.3) is 0 Å². The summed E-state index contributed by atoms with van der Waals surface area (Å²) in [4.78, 5) is 0. The molecule has 3 nitrogen and oxygen atoms in total. The second-order valence-corrected chi connectivity index (χ2v) is 7.17. The second-order valence-electron chi connectivity index (χ2n) is 7.17. The Kier molecular flexibility index (Phi) is 7.70. The standard InChI is InChI=1S/C18H34N2O/c21-18(15-11-7-3-4-8-12-16-18)20-19-17-13-9-5-1-2-6-10-14-17/h17,21H,1-16H2. The number of hydrogen-bond donors (Lipinski definition) is 1. The molecular formula is C18H34N2O. The zero-order valence-corrected chi connectivity index (χ0v) is 13.7. The van der Waals surface area contributed by atoms with Crippen molar-refractivity contribution >= 4 is 0 Å². The first-order chi connectivity index (χ1) is 10.3. The van der Waals surface area contributed by atoms with Gasteiger partial charge in [0.25, 0.3) is 0 Å². The van der Waals surface area contributed by atoms with Gasteiger partial charge in [-0.3, -0.25) is 0 Å². The van der Waals surface area contributed by atoms with Gasteiger partial charge in [0.15, 0.2) is 5.72 Å². The van der Waals surface area contributed by atoms with Crippen molar-refractivity contribution in [3.63, 3.8) is 0 Å². The minimum atomic E-state index is -0.858. The number of rotatable bonds is 2. The van der Waals surface area contributed by atoms with Crippen LogP contribution in [0.1, 0.15) is 103 Å². The summed E-state index contributed by atoms with van der Waals surface area (Å²) in [6.07, 6.45) is 19.3. The molecule has 0 aromatic heterocycles. The van der Waals surface area contributed by atoms with Gasteiger partial charge in [0, 0.05) is 0 Å². The molecule has 2 aliphatic rings. The summed E-state index contributed by atoms with van der Waals surface area (Å²) in [5, 5.41) is 19.8. The molecule has 21 heavy (non-hydrogen) atoms. The average Bonchev–Trinajstić information content (AvgIpc) is 2.68. The minimum Gasteiger partial charge on any atom is -0.368 e. The van der Waals surface area contributed by atoms with Gasteiger partial charge >= 0.3 is 0 Å². The molecule has 0 aromatic carbocycles. The van der Waals surface area contributed by atoms with Crippen LogP contribution in [-0.4, -0.2) is 16.9 Å². The van der Waals surface area contributed by atoms with Gasteiger partial charge in [-0.2, -0.15) is 10.2 Å². The van der Waals surface area contributed by atoms with Crippen molar-refractivity contribution in [2.45, 2.75) is 114 Å². The van der Waals surface area contributed by atoms with Crippen molar-refractivity contribution < 1.29 is 5.11 Å². The highest BCUT2D eigenvalue weighted by Crippen LogP contribution is 2.28. The normalized spacial score (nSPS) is 27.1. The fraction of sp³-hybridized carbons (Fsp3) is 1.00. The second kappa shape index (κ2) is 9.55. The molecule has 0 saturated heterocycles. The van der Waals surface area contributed by atoms with E-state index in [0.717, 1.165) is 25.7 Å². The maximum atomic E-state index is 10.8. The first-order valence-electron chi connectivity index (χ1n) is 9.43. The Hall–Kier alpha value is -0.440. The molecule has 0 aliphatic heterocycles. The van der Waals surface area contributed by atoms with Crippen molar-refractivity contribution in [1.29, 1.82) is 0 Å². The van der Waals surface area contributed by atoms with Crippen molar-refractivity contribution in [3.05, 3.63) is 0 Å². The van der Waals surface area contributed by atoms with Gasteiger partial charge in [-0.15, -0.1) is 0 Å². The lowest BCUT2D eigenvalue weighted by molar-refractivity contribution is 0.0193.